The van der Waals surface area contributed by atoms with E-state index >= 15 is 0 Å². The maximum Gasteiger partial charge on any atom is 0.163 e. The molecule has 0 bridgehead atoms. The van der Waals surface area contributed by atoms with E-state index in [0.29, 0.717) is 24.2 Å². The van der Waals surface area contributed by atoms with Crippen molar-refractivity contribution >= 4 is 11.5 Å². The van der Waals surface area contributed by atoms with Gasteiger partial charge in [-0.3, -0.25) is 4.79 Å². The zero-order valence-electron chi connectivity index (χ0n) is 16.2. The molecule has 1 aromatic rings. The average molecular weight is 343 g/mol. The molecule has 0 saturated carbocycles. The van der Waals surface area contributed by atoms with Crippen LogP contribution in [0, 0.1) is 0 Å². The van der Waals surface area contributed by atoms with Gasteiger partial charge in [-0.1, -0.05) is 27.2 Å². The summed E-state index contributed by atoms with van der Waals surface area (Å²) in [4.78, 5) is 15.5. The van der Waals surface area contributed by atoms with E-state index in [-0.39, 0.29) is 0 Å². The molecule has 3 nitrogen and oxygen atoms in total. The quantitative estimate of drug-likeness (QED) is 0.641. The van der Waals surface area contributed by atoms with Gasteiger partial charge in [-0.15, -0.1) is 0 Å². The van der Waals surface area contributed by atoms with Crippen LogP contribution in [0.25, 0.3) is 0 Å². The Morgan fingerprint density at radius 3 is 2.60 bits per heavy atom. The van der Waals surface area contributed by atoms with Crippen molar-refractivity contribution in [2.45, 2.75) is 77.7 Å². The average Bonchev–Trinajstić information content (AvgIpc) is 3.04. The smallest absolute Gasteiger partial charge is 0.163 e. The van der Waals surface area contributed by atoms with Crippen LogP contribution >= 0.6 is 0 Å². The van der Waals surface area contributed by atoms with Crippen LogP contribution in [0.1, 0.15) is 86.7 Å². The Kier molecular flexibility index (Phi) is 6.16. The van der Waals surface area contributed by atoms with Gasteiger partial charge in [-0.05, 0) is 68.5 Å². The first kappa shape index (κ1) is 18.4. The second kappa shape index (κ2) is 8.35. The standard InChI is InChI=1S/C22H34N2O/c1-4-7-8-21(25)18-9-10-20-22-16(15-23-20)13-17(14-19(18)22)24(11-5-2)12-6-3/h9-10,16-17,23H,4-8,11-15H2,1-3H3/t16-,17-/m1/s1. The third kappa shape index (κ3) is 3.76. The summed E-state index contributed by atoms with van der Waals surface area (Å²) in [5, 5.41) is 3.58. The van der Waals surface area contributed by atoms with Crippen LogP contribution in [-0.2, 0) is 6.42 Å². The molecule has 0 spiro atoms. The monoisotopic (exact) mass is 342 g/mol. The van der Waals surface area contributed by atoms with Gasteiger partial charge in [-0.2, -0.15) is 0 Å². The number of rotatable bonds is 9. The van der Waals surface area contributed by atoms with Crippen molar-refractivity contribution in [3.63, 3.8) is 0 Å². The van der Waals surface area contributed by atoms with Gasteiger partial charge in [-0.25, -0.2) is 0 Å². The highest BCUT2D eigenvalue weighted by Crippen LogP contribution is 2.44. The van der Waals surface area contributed by atoms with E-state index in [4.69, 9.17) is 0 Å². The van der Waals surface area contributed by atoms with Crippen molar-refractivity contribution in [2.24, 2.45) is 0 Å². The summed E-state index contributed by atoms with van der Waals surface area (Å²) in [5.41, 5.74) is 5.12. The first-order valence-electron chi connectivity index (χ1n) is 10.4. The number of hydrogen-bond donors (Lipinski definition) is 1. The lowest BCUT2D eigenvalue weighted by Crippen LogP contribution is -2.41. The number of nitrogens with zero attached hydrogens (tertiary/aromatic N) is 1. The minimum absolute atomic E-state index is 0.350. The van der Waals surface area contributed by atoms with E-state index in [0.717, 1.165) is 31.4 Å². The maximum atomic E-state index is 12.8. The van der Waals surface area contributed by atoms with Gasteiger partial charge < -0.3 is 10.2 Å². The molecule has 1 aliphatic carbocycles. The van der Waals surface area contributed by atoms with Crippen molar-refractivity contribution in [1.82, 2.24) is 4.90 Å². The Bertz CT molecular complexity index is 604. The van der Waals surface area contributed by atoms with Crippen LogP contribution in [0.2, 0.25) is 0 Å². The van der Waals surface area contributed by atoms with Crippen LogP contribution in [0.3, 0.4) is 0 Å². The second-order valence-corrected chi connectivity index (χ2v) is 7.79. The van der Waals surface area contributed by atoms with E-state index < -0.39 is 0 Å². The van der Waals surface area contributed by atoms with Crippen LogP contribution in [0.5, 0.6) is 0 Å². The highest BCUT2D eigenvalue weighted by atomic mass is 16.1. The molecular weight excluding hydrogens is 308 g/mol. The van der Waals surface area contributed by atoms with E-state index in [1.165, 1.54) is 49.2 Å². The van der Waals surface area contributed by atoms with E-state index in [2.05, 4.69) is 43.1 Å². The summed E-state index contributed by atoms with van der Waals surface area (Å²) in [6.07, 6.45) is 7.47. The lowest BCUT2D eigenvalue weighted by molar-refractivity contribution is 0.0977. The molecule has 3 heteroatoms. The van der Waals surface area contributed by atoms with E-state index in [9.17, 15) is 4.79 Å². The van der Waals surface area contributed by atoms with Crippen molar-refractivity contribution in [3.8, 4) is 0 Å². The normalized spacial score (nSPS) is 21.3. The second-order valence-electron chi connectivity index (χ2n) is 7.79. The molecule has 0 fully saturated rings. The van der Waals surface area contributed by atoms with Crippen LogP contribution < -0.4 is 5.32 Å². The number of ketones is 1. The molecule has 0 unspecified atom stereocenters. The van der Waals surface area contributed by atoms with E-state index in [1.54, 1.807) is 0 Å². The lowest BCUT2D eigenvalue weighted by Gasteiger charge is -2.37. The molecule has 0 amide bonds. The summed E-state index contributed by atoms with van der Waals surface area (Å²) in [6.45, 7) is 10.1. The lowest BCUT2D eigenvalue weighted by atomic mass is 9.77. The molecule has 1 aliphatic heterocycles. The molecule has 0 radical (unpaired) electrons. The highest BCUT2D eigenvalue weighted by Gasteiger charge is 2.36. The first-order valence-corrected chi connectivity index (χ1v) is 10.4. The van der Waals surface area contributed by atoms with Crippen LogP contribution in [0.15, 0.2) is 12.1 Å². The number of benzene rings is 1. The fourth-order valence-electron chi connectivity index (χ4n) is 4.75. The minimum atomic E-state index is 0.350. The molecule has 0 aromatic heterocycles. The molecule has 2 atom stereocenters. The third-order valence-corrected chi connectivity index (χ3v) is 5.90. The zero-order valence-corrected chi connectivity index (χ0v) is 16.2. The largest absolute Gasteiger partial charge is 0.384 e. The summed E-state index contributed by atoms with van der Waals surface area (Å²) >= 11 is 0. The Morgan fingerprint density at radius 2 is 1.92 bits per heavy atom. The molecule has 0 saturated heterocycles. The Labute approximate surface area is 153 Å². The van der Waals surface area contributed by atoms with Crippen molar-refractivity contribution in [2.75, 3.05) is 25.0 Å². The predicted octanol–water partition coefficient (Wildman–Crippen LogP) is 5.01. The number of nitrogens with one attached hydrogen (secondary N) is 1. The van der Waals surface area contributed by atoms with Gasteiger partial charge in [0.1, 0.15) is 0 Å². The third-order valence-electron chi connectivity index (χ3n) is 5.90. The van der Waals surface area contributed by atoms with Crippen molar-refractivity contribution < 1.29 is 4.79 Å². The topological polar surface area (TPSA) is 32.3 Å². The van der Waals surface area contributed by atoms with Crippen LogP contribution in [0.4, 0.5) is 5.69 Å². The van der Waals surface area contributed by atoms with Crippen molar-refractivity contribution in [1.29, 1.82) is 0 Å². The van der Waals surface area contributed by atoms with Gasteiger partial charge in [0.2, 0.25) is 0 Å². The first-order chi connectivity index (χ1) is 12.2. The van der Waals surface area contributed by atoms with Gasteiger partial charge in [0.15, 0.2) is 5.78 Å². The molecule has 138 valence electrons. The van der Waals surface area contributed by atoms with Crippen molar-refractivity contribution in [3.05, 3.63) is 28.8 Å². The SMILES string of the molecule is CCCCC(=O)c1ccc2c3c1C[C@H](N(CCC)CCC)C[C@@H]3CN2. The number of carbonyl (C=O) groups excluding carboxylic acids is 1. The summed E-state index contributed by atoms with van der Waals surface area (Å²) in [7, 11) is 0. The summed E-state index contributed by atoms with van der Waals surface area (Å²) in [6, 6.07) is 4.83. The number of hydrogen-bond acceptors (Lipinski definition) is 3. The van der Waals surface area contributed by atoms with Gasteiger partial charge in [0, 0.05) is 36.2 Å². The fourth-order valence-corrected chi connectivity index (χ4v) is 4.75. The number of unbranched alkanes of at least 4 members (excludes halogenated alkanes) is 1. The Morgan fingerprint density at radius 1 is 1.16 bits per heavy atom. The highest BCUT2D eigenvalue weighted by molar-refractivity contribution is 5.98. The van der Waals surface area contributed by atoms with E-state index in [1.807, 2.05) is 0 Å². The number of anilines is 1. The molecule has 1 N–H and O–H groups in total. The number of carbonyl (C=O) groups is 1. The molecule has 3 rings (SSSR count). The summed E-state index contributed by atoms with van der Waals surface area (Å²) < 4.78 is 0. The van der Waals surface area contributed by atoms with Crippen LogP contribution in [-0.4, -0.2) is 36.4 Å². The number of Topliss-reactive ketones (excluding diaryl/α,β-unsaturated/α-hetero) is 1. The Hall–Kier alpha value is -1.35. The maximum absolute atomic E-state index is 12.8. The van der Waals surface area contributed by atoms with Gasteiger partial charge >= 0.3 is 0 Å². The molecule has 25 heavy (non-hydrogen) atoms. The zero-order chi connectivity index (χ0) is 17.8. The summed E-state index contributed by atoms with van der Waals surface area (Å²) in [5.74, 6) is 0.933. The molecule has 2 aliphatic rings. The fraction of sp³-hybridized carbons (Fsp3) is 0.682. The Balaban J connectivity index is 1.91. The molecular formula is C22H34N2O. The molecule has 1 heterocycles. The minimum Gasteiger partial charge on any atom is -0.384 e. The van der Waals surface area contributed by atoms with Gasteiger partial charge in [0.25, 0.3) is 0 Å². The van der Waals surface area contributed by atoms with Gasteiger partial charge in [0.05, 0.1) is 0 Å². The predicted molar refractivity (Wildman–Crippen MR) is 106 cm³/mol. The molecule has 1 aromatic carbocycles.